The molecule has 0 saturated carbocycles. The molecular weight excluding hydrogens is 258 g/mol. The van der Waals surface area contributed by atoms with E-state index in [0.717, 1.165) is 10.0 Å². The van der Waals surface area contributed by atoms with Crippen molar-refractivity contribution in [3.8, 4) is 11.5 Å². The van der Waals surface area contributed by atoms with Crippen molar-refractivity contribution >= 4 is 15.9 Å². The van der Waals surface area contributed by atoms with E-state index in [1.165, 1.54) is 0 Å². The van der Waals surface area contributed by atoms with Crippen LogP contribution in [0.5, 0.6) is 0 Å². The summed E-state index contributed by atoms with van der Waals surface area (Å²) < 4.78 is 6.08. The average molecular weight is 268 g/mol. The largest absolute Gasteiger partial charge is 0.334 e. The number of benzene rings is 1. The number of rotatable bonds is 3. The molecule has 0 bridgehead atoms. The van der Waals surface area contributed by atoms with E-state index in [1.807, 2.05) is 24.3 Å². The average Bonchev–Trinajstić information content (AvgIpc) is 2.68. The van der Waals surface area contributed by atoms with Gasteiger partial charge in [0, 0.05) is 10.9 Å². The van der Waals surface area contributed by atoms with E-state index in [-0.39, 0.29) is 0 Å². The first-order valence-electron chi connectivity index (χ1n) is 4.59. The predicted octanol–water partition coefficient (Wildman–Crippen LogP) is 2.00. The Hall–Kier alpha value is -1.20. The summed E-state index contributed by atoms with van der Waals surface area (Å²) in [6.07, 6.45) is 0.633. The molecule has 0 amide bonds. The zero-order chi connectivity index (χ0) is 10.7. The molecule has 0 atom stereocenters. The van der Waals surface area contributed by atoms with E-state index in [4.69, 9.17) is 10.3 Å². The maximum Gasteiger partial charge on any atom is 0.259 e. The number of nitrogens with zero attached hydrogens (tertiary/aromatic N) is 2. The van der Waals surface area contributed by atoms with Crippen LogP contribution in [-0.2, 0) is 6.42 Å². The fourth-order valence-electron chi connectivity index (χ4n) is 1.23. The Morgan fingerprint density at radius 3 is 2.87 bits per heavy atom. The van der Waals surface area contributed by atoms with Crippen LogP contribution in [0.4, 0.5) is 0 Å². The Morgan fingerprint density at radius 2 is 2.13 bits per heavy atom. The van der Waals surface area contributed by atoms with Gasteiger partial charge < -0.3 is 10.3 Å². The molecule has 1 aromatic carbocycles. The van der Waals surface area contributed by atoms with Crippen LogP contribution in [0.1, 0.15) is 5.82 Å². The molecule has 2 rings (SSSR count). The van der Waals surface area contributed by atoms with Crippen LogP contribution in [0, 0.1) is 0 Å². The number of nitrogens with two attached hydrogens (primary N) is 1. The lowest BCUT2D eigenvalue weighted by Gasteiger charge is -1.96. The predicted molar refractivity (Wildman–Crippen MR) is 60.2 cm³/mol. The third-order valence-corrected chi connectivity index (χ3v) is 2.63. The summed E-state index contributed by atoms with van der Waals surface area (Å²) in [7, 11) is 0. The second kappa shape index (κ2) is 4.55. The second-order valence-electron chi connectivity index (χ2n) is 3.03. The summed E-state index contributed by atoms with van der Waals surface area (Å²) in [5.74, 6) is 1.16. The molecule has 0 fully saturated rings. The SMILES string of the molecule is NCCc1noc(-c2ccccc2Br)n1. The summed E-state index contributed by atoms with van der Waals surface area (Å²) >= 11 is 3.43. The molecule has 2 aromatic rings. The van der Waals surface area contributed by atoms with Crippen LogP contribution in [0.15, 0.2) is 33.3 Å². The van der Waals surface area contributed by atoms with Gasteiger partial charge >= 0.3 is 0 Å². The van der Waals surface area contributed by atoms with E-state index in [9.17, 15) is 0 Å². The molecule has 5 heteroatoms. The minimum atomic E-state index is 0.519. The topological polar surface area (TPSA) is 64.9 Å². The molecule has 0 radical (unpaired) electrons. The zero-order valence-corrected chi connectivity index (χ0v) is 9.57. The van der Waals surface area contributed by atoms with Crippen LogP contribution in [0.25, 0.3) is 11.5 Å². The zero-order valence-electron chi connectivity index (χ0n) is 7.98. The third-order valence-electron chi connectivity index (χ3n) is 1.94. The molecule has 0 spiro atoms. The lowest BCUT2D eigenvalue weighted by molar-refractivity contribution is 0.422. The summed E-state index contributed by atoms with van der Waals surface area (Å²) in [4.78, 5) is 4.24. The van der Waals surface area contributed by atoms with Gasteiger partial charge in [0.1, 0.15) is 0 Å². The minimum absolute atomic E-state index is 0.519. The van der Waals surface area contributed by atoms with Crippen molar-refractivity contribution < 1.29 is 4.52 Å². The van der Waals surface area contributed by atoms with Gasteiger partial charge in [-0.25, -0.2) is 0 Å². The van der Waals surface area contributed by atoms with E-state index in [2.05, 4.69) is 26.1 Å². The Labute approximate surface area is 95.6 Å². The number of halogens is 1. The highest BCUT2D eigenvalue weighted by molar-refractivity contribution is 9.10. The molecule has 1 heterocycles. The lowest BCUT2D eigenvalue weighted by Crippen LogP contribution is -2.03. The van der Waals surface area contributed by atoms with Crippen molar-refractivity contribution in [1.29, 1.82) is 0 Å². The van der Waals surface area contributed by atoms with Crippen molar-refractivity contribution in [3.63, 3.8) is 0 Å². The Balaban J connectivity index is 2.33. The molecule has 1 aromatic heterocycles. The van der Waals surface area contributed by atoms with Crippen LogP contribution in [-0.4, -0.2) is 16.7 Å². The second-order valence-corrected chi connectivity index (χ2v) is 3.89. The van der Waals surface area contributed by atoms with E-state index < -0.39 is 0 Å². The van der Waals surface area contributed by atoms with Gasteiger partial charge in [-0.2, -0.15) is 4.98 Å². The third kappa shape index (κ3) is 2.24. The molecule has 0 aliphatic carbocycles. The highest BCUT2D eigenvalue weighted by Gasteiger charge is 2.10. The van der Waals surface area contributed by atoms with E-state index >= 15 is 0 Å². The molecular formula is C10H10BrN3O. The van der Waals surface area contributed by atoms with Crippen LogP contribution >= 0.6 is 15.9 Å². The summed E-state index contributed by atoms with van der Waals surface area (Å²) in [6, 6.07) is 7.71. The maximum atomic E-state index is 5.41. The molecule has 78 valence electrons. The molecule has 0 aliphatic heterocycles. The monoisotopic (exact) mass is 267 g/mol. The fraction of sp³-hybridized carbons (Fsp3) is 0.200. The van der Waals surface area contributed by atoms with Gasteiger partial charge in [-0.3, -0.25) is 0 Å². The number of hydrogen-bond acceptors (Lipinski definition) is 4. The van der Waals surface area contributed by atoms with Crippen LogP contribution in [0.2, 0.25) is 0 Å². The first-order valence-corrected chi connectivity index (χ1v) is 5.38. The molecule has 2 N–H and O–H groups in total. The van der Waals surface area contributed by atoms with Crippen molar-refractivity contribution in [2.45, 2.75) is 6.42 Å². The van der Waals surface area contributed by atoms with E-state index in [1.54, 1.807) is 0 Å². The van der Waals surface area contributed by atoms with Gasteiger partial charge in [0.25, 0.3) is 5.89 Å². The Morgan fingerprint density at radius 1 is 1.33 bits per heavy atom. The van der Waals surface area contributed by atoms with Gasteiger partial charge in [0.05, 0.1) is 5.56 Å². The van der Waals surface area contributed by atoms with Gasteiger partial charge in [-0.1, -0.05) is 17.3 Å². The van der Waals surface area contributed by atoms with Crippen molar-refractivity contribution in [1.82, 2.24) is 10.1 Å². The van der Waals surface area contributed by atoms with Gasteiger partial charge in [-0.15, -0.1) is 0 Å². The molecule has 0 aliphatic rings. The quantitative estimate of drug-likeness (QED) is 0.924. The van der Waals surface area contributed by atoms with E-state index in [0.29, 0.717) is 24.7 Å². The van der Waals surface area contributed by atoms with Crippen molar-refractivity contribution in [2.75, 3.05) is 6.54 Å². The number of hydrogen-bond donors (Lipinski definition) is 1. The van der Waals surface area contributed by atoms with Gasteiger partial charge in [0.2, 0.25) is 0 Å². The maximum absolute atomic E-state index is 5.41. The highest BCUT2D eigenvalue weighted by atomic mass is 79.9. The molecule has 4 nitrogen and oxygen atoms in total. The Bertz CT molecular complexity index is 455. The molecule has 0 saturated heterocycles. The summed E-state index contributed by atoms with van der Waals surface area (Å²) in [6.45, 7) is 0.523. The van der Waals surface area contributed by atoms with Crippen LogP contribution in [0.3, 0.4) is 0 Å². The highest BCUT2D eigenvalue weighted by Crippen LogP contribution is 2.26. The Kier molecular flexibility index (Phi) is 3.13. The van der Waals surface area contributed by atoms with Crippen LogP contribution < -0.4 is 5.73 Å². The molecule has 15 heavy (non-hydrogen) atoms. The summed E-state index contributed by atoms with van der Waals surface area (Å²) in [5, 5.41) is 3.84. The summed E-state index contributed by atoms with van der Waals surface area (Å²) in [5.41, 5.74) is 6.30. The fourth-order valence-corrected chi connectivity index (χ4v) is 1.68. The lowest BCUT2D eigenvalue weighted by atomic mass is 10.2. The van der Waals surface area contributed by atoms with Crippen molar-refractivity contribution in [2.24, 2.45) is 5.73 Å². The smallest absolute Gasteiger partial charge is 0.259 e. The normalized spacial score (nSPS) is 10.5. The van der Waals surface area contributed by atoms with Gasteiger partial charge in [0.15, 0.2) is 5.82 Å². The first-order chi connectivity index (χ1) is 7.31. The van der Waals surface area contributed by atoms with Gasteiger partial charge in [-0.05, 0) is 34.6 Å². The standard InChI is InChI=1S/C10H10BrN3O/c11-8-4-2-1-3-7(8)10-13-9(5-6-12)14-15-10/h1-4H,5-6,12H2. The minimum Gasteiger partial charge on any atom is -0.334 e. The first kappa shape index (κ1) is 10.3. The molecule has 0 unspecified atom stereocenters. The van der Waals surface area contributed by atoms with Crippen molar-refractivity contribution in [3.05, 3.63) is 34.6 Å². The number of aromatic nitrogens is 2.